The first-order chi connectivity index (χ1) is 29.2. The second-order valence-electron chi connectivity index (χ2n) is 11.5. The first-order valence-electron chi connectivity index (χ1n) is 21.5. The third kappa shape index (κ3) is 4.49. The molecule has 228 valence electrons. The number of rotatable bonds is 4. The van der Waals surface area contributed by atoms with Gasteiger partial charge in [0.1, 0.15) is 11.2 Å². The van der Waals surface area contributed by atoms with Crippen LogP contribution in [-0.2, 0) is 0 Å². The number of aromatic nitrogens is 3. The van der Waals surface area contributed by atoms with Gasteiger partial charge in [-0.15, -0.1) is 0 Å². The maximum Gasteiger partial charge on any atom is 0.167 e. The van der Waals surface area contributed by atoms with Crippen LogP contribution < -0.4 is 0 Å². The molecule has 49 heavy (non-hydrogen) atoms. The molecule has 4 heteroatoms. The zero-order chi connectivity index (χ0) is 42.8. The van der Waals surface area contributed by atoms with E-state index in [1.807, 2.05) is 12.1 Å². The summed E-state index contributed by atoms with van der Waals surface area (Å²) in [6, 6.07) is 22.2. The van der Waals surface area contributed by atoms with Gasteiger partial charge in [-0.05, 0) is 67.7 Å². The van der Waals surface area contributed by atoms with Gasteiger partial charge in [-0.2, -0.15) is 0 Å². The van der Waals surface area contributed by atoms with E-state index in [9.17, 15) is 2.74 Å². The summed E-state index contributed by atoms with van der Waals surface area (Å²) in [7, 11) is 0. The van der Waals surface area contributed by atoms with Crippen molar-refractivity contribution < 1.29 is 20.9 Å². The Balaban J connectivity index is 1.20. The Bertz CT molecular complexity index is 3550. The van der Waals surface area contributed by atoms with Gasteiger partial charge in [0.05, 0.1) is 22.0 Å². The van der Waals surface area contributed by atoms with Crippen molar-refractivity contribution in [2.75, 3.05) is 0 Å². The summed E-state index contributed by atoms with van der Waals surface area (Å²) in [6.07, 6.45) is 0. The van der Waals surface area contributed by atoms with Crippen molar-refractivity contribution >= 4 is 54.3 Å². The molecule has 10 aromatic rings. The quantitative estimate of drug-likeness (QED) is 0.180. The Kier molecular flexibility index (Phi) is 4.04. The third-order valence-corrected chi connectivity index (χ3v) is 8.65. The van der Waals surface area contributed by atoms with Gasteiger partial charge in [0.2, 0.25) is 0 Å². The van der Waals surface area contributed by atoms with Crippen molar-refractivity contribution in [2.24, 2.45) is 0 Å². The molecule has 0 aliphatic rings. The highest BCUT2D eigenvalue weighted by Crippen LogP contribution is 2.40. The van der Waals surface area contributed by atoms with Crippen LogP contribution in [0.4, 0.5) is 0 Å². The van der Waals surface area contributed by atoms with Crippen LogP contribution in [0.2, 0.25) is 0 Å². The fourth-order valence-corrected chi connectivity index (χ4v) is 6.39. The molecule has 0 bridgehead atoms. The molecular formula is C45H27N3O. The number of hydrogen-bond donors (Lipinski definition) is 0. The van der Waals surface area contributed by atoms with E-state index in [0.717, 1.165) is 0 Å². The van der Waals surface area contributed by atoms with Gasteiger partial charge >= 0.3 is 0 Å². The molecule has 0 radical (unpaired) electrons. The van der Waals surface area contributed by atoms with Crippen molar-refractivity contribution in [3.63, 3.8) is 0 Å². The molecule has 0 fully saturated rings. The molecule has 10 rings (SSSR count). The van der Waals surface area contributed by atoms with Crippen LogP contribution in [0, 0.1) is 0 Å². The van der Waals surface area contributed by atoms with Crippen LogP contribution in [0.3, 0.4) is 0 Å². The minimum atomic E-state index is -0.541. The normalized spacial score (nSPS) is 15.1. The van der Waals surface area contributed by atoms with E-state index in [4.69, 9.17) is 23.1 Å². The molecule has 0 saturated heterocycles. The van der Waals surface area contributed by atoms with E-state index in [1.165, 1.54) is 18.2 Å². The molecule has 0 atom stereocenters. The van der Waals surface area contributed by atoms with Gasteiger partial charge in [-0.3, -0.25) is 0 Å². The molecular weight excluding hydrogens is 599 g/mol. The van der Waals surface area contributed by atoms with E-state index in [1.54, 1.807) is 60.7 Å². The Hall–Kier alpha value is -6.65. The minimum Gasteiger partial charge on any atom is -0.455 e. The summed E-state index contributed by atoms with van der Waals surface area (Å²) in [6.45, 7) is 0. The summed E-state index contributed by atoms with van der Waals surface area (Å²) >= 11 is 0. The summed E-state index contributed by atoms with van der Waals surface area (Å²) < 4.78 is 110. The van der Waals surface area contributed by atoms with Crippen LogP contribution >= 0.6 is 0 Å². The Labute approximate surface area is 298 Å². The van der Waals surface area contributed by atoms with E-state index >= 15 is 0 Å². The van der Waals surface area contributed by atoms with E-state index in [0.29, 0.717) is 60.2 Å². The van der Waals surface area contributed by atoms with Gasteiger partial charge in [0.15, 0.2) is 17.5 Å². The molecule has 2 aromatic heterocycles. The van der Waals surface area contributed by atoms with Gasteiger partial charge in [-0.1, -0.05) is 139 Å². The fourth-order valence-electron chi connectivity index (χ4n) is 6.39. The number of hydrogen-bond acceptors (Lipinski definition) is 4. The van der Waals surface area contributed by atoms with Gasteiger partial charge < -0.3 is 4.42 Å². The monoisotopic (exact) mass is 637 g/mol. The predicted molar refractivity (Wildman–Crippen MR) is 201 cm³/mol. The van der Waals surface area contributed by atoms with Crippen molar-refractivity contribution in [3.8, 4) is 45.3 Å². The van der Waals surface area contributed by atoms with Crippen LogP contribution in [0.25, 0.3) is 99.5 Å². The van der Waals surface area contributed by atoms with E-state index in [-0.39, 0.29) is 81.7 Å². The lowest BCUT2D eigenvalue weighted by molar-refractivity contribution is 0.669. The van der Waals surface area contributed by atoms with Gasteiger partial charge in [0.25, 0.3) is 0 Å². The maximum atomic E-state index is 9.62. The van der Waals surface area contributed by atoms with Crippen molar-refractivity contribution in [1.82, 2.24) is 15.0 Å². The molecule has 2 heterocycles. The summed E-state index contributed by atoms with van der Waals surface area (Å²) in [5, 5.41) is 3.33. The smallest absolute Gasteiger partial charge is 0.167 e. The topological polar surface area (TPSA) is 51.8 Å². The second kappa shape index (κ2) is 11.0. The number of nitrogens with zero attached hydrogens (tertiary/aromatic N) is 3. The molecule has 0 unspecified atom stereocenters. The Morgan fingerprint density at radius 3 is 2.02 bits per heavy atom. The average Bonchev–Trinajstić information content (AvgIpc) is 3.63. The van der Waals surface area contributed by atoms with Crippen LogP contribution in [-0.4, -0.2) is 15.0 Å². The lowest BCUT2D eigenvalue weighted by Gasteiger charge is -2.12. The molecule has 4 nitrogen and oxygen atoms in total. The maximum absolute atomic E-state index is 9.62. The molecule has 0 saturated carbocycles. The van der Waals surface area contributed by atoms with E-state index < -0.39 is 30.2 Å². The largest absolute Gasteiger partial charge is 0.455 e. The molecule has 0 N–H and O–H groups in total. The Morgan fingerprint density at radius 1 is 0.408 bits per heavy atom. The van der Waals surface area contributed by atoms with Crippen molar-refractivity contribution in [3.05, 3.63) is 164 Å². The lowest BCUT2D eigenvalue weighted by atomic mass is 9.92. The first-order valence-corrected chi connectivity index (χ1v) is 15.5. The number of benzene rings is 8. The van der Waals surface area contributed by atoms with Gasteiger partial charge in [-0.25, -0.2) is 15.0 Å². The number of para-hydroxylation sites is 1. The third-order valence-electron chi connectivity index (χ3n) is 8.65. The van der Waals surface area contributed by atoms with Gasteiger partial charge in [0, 0.05) is 21.9 Å². The van der Waals surface area contributed by atoms with Crippen molar-refractivity contribution in [1.29, 1.82) is 0 Å². The van der Waals surface area contributed by atoms with Crippen LogP contribution in [0.15, 0.2) is 168 Å². The lowest BCUT2D eigenvalue weighted by Crippen LogP contribution is -2.00. The summed E-state index contributed by atoms with van der Waals surface area (Å²) in [5.74, 6) is 0.210. The SMILES string of the molecule is [2H]c1cc2c(cc1[2H])c1c([2H])c([2H])cc([2H])c1c1c([2H])c(-c3ccc4oc5c(-c6nc(-c7ccccc7)nc(-c7c([2H])c([2H])c([2H])c([2H])c7[2H])n6)cccc5c4c3)c([2H])cc21. The summed E-state index contributed by atoms with van der Waals surface area (Å²) in [4.78, 5) is 14.1. The highest BCUT2D eigenvalue weighted by Gasteiger charge is 2.18. The van der Waals surface area contributed by atoms with E-state index in [2.05, 4.69) is 9.97 Å². The molecule has 0 aliphatic carbocycles. The molecule has 0 spiro atoms. The number of fused-ring (bicyclic) bond motifs is 9. The highest BCUT2D eigenvalue weighted by molar-refractivity contribution is 6.25. The fraction of sp³-hybridized carbons (Fsp3) is 0. The average molecular weight is 638 g/mol. The van der Waals surface area contributed by atoms with Crippen molar-refractivity contribution in [2.45, 2.75) is 0 Å². The molecule has 8 aromatic carbocycles. The molecule has 0 amide bonds. The second-order valence-corrected chi connectivity index (χ2v) is 11.5. The summed E-state index contributed by atoms with van der Waals surface area (Å²) in [5.41, 5.74) is 2.45. The Morgan fingerprint density at radius 2 is 1.16 bits per heavy atom. The standard InChI is InChI=1S/C45H27N3O/c1-3-12-28(13-4-1)43-46-44(29-14-5-2-6-15-29)48-45(47-43)38-21-11-20-37-40-27-31(23-25-41(40)49-42(37)38)30-22-24-36-34-18-8-7-16-32(34)33-17-9-10-19-35(33)39(36)26-30/h1-27H/i1D,3D,4D,7D,8D,9D,12D,13D,17D,19D,22D,26D. The molecule has 0 aliphatic heterocycles. The zero-order valence-electron chi connectivity index (χ0n) is 37.4. The first kappa shape index (κ1) is 18.0. The number of furan rings is 1. The predicted octanol–water partition coefficient (Wildman–Crippen LogP) is 11.9. The zero-order valence-corrected chi connectivity index (χ0v) is 25.4. The minimum absolute atomic E-state index is 0.000939. The van der Waals surface area contributed by atoms with Crippen LogP contribution in [0.1, 0.15) is 16.4 Å². The highest BCUT2D eigenvalue weighted by atomic mass is 16.3. The van der Waals surface area contributed by atoms with Crippen LogP contribution in [0.5, 0.6) is 0 Å².